The van der Waals surface area contributed by atoms with Crippen molar-refractivity contribution in [3.8, 4) is 0 Å². The zero-order valence-corrected chi connectivity index (χ0v) is 10.1. The van der Waals surface area contributed by atoms with Gasteiger partial charge in [-0.2, -0.15) is 0 Å². The number of esters is 1. The fraction of sp³-hybridized carbons (Fsp3) is 0.417. The molecule has 0 radical (unpaired) electrons. The van der Waals surface area contributed by atoms with Crippen LogP contribution in [0.1, 0.15) is 19.4 Å². The molecule has 2 atom stereocenters. The van der Waals surface area contributed by atoms with Gasteiger partial charge in [0, 0.05) is 6.92 Å². The topological polar surface area (TPSA) is 35.5 Å². The molecule has 1 aromatic carbocycles. The van der Waals surface area contributed by atoms with Crippen molar-refractivity contribution in [3.05, 3.63) is 35.9 Å². The van der Waals surface area contributed by atoms with Crippen LogP contribution >= 0.6 is 11.6 Å². The molecule has 1 aromatic rings. The molecule has 0 N–H and O–H groups in total. The summed E-state index contributed by atoms with van der Waals surface area (Å²) in [7, 11) is 0. The fourth-order valence-corrected chi connectivity index (χ4v) is 1.32. The zero-order chi connectivity index (χ0) is 12.0. The molecule has 88 valence electrons. The molecule has 0 heterocycles. The highest BCUT2D eigenvalue weighted by atomic mass is 35.5. The van der Waals surface area contributed by atoms with Crippen LogP contribution in [0.2, 0.25) is 0 Å². The second-order valence-corrected chi connectivity index (χ2v) is 3.89. The first-order valence-corrected chi connectivity index (χ1v) is 5.50. The van der Waals surface area contributed by atoms with Gasteiger partial charge in [0.15, 0.2) is 5.56 Å². The van der Waals surface area contributed by atoms with Crippen LogP contribution in [0.3, 0.4) is 0 Å². The lowest BCUT2D eigenvalue weighted by Gasteiger charge is -2.18. The number of benzene rings is 1. The lowest BCUT2D eigenvalue weighted by atomic mass is 10.2. The van der Waals surface area contributed by atoms with Crippen LogP contribution in [-0.2, 0) is 20.9 Å². The van der Waals surface area contributed by atoms with E-state index in [1.54, 1.807) is 6.92 Å². The van der Waals surface area contributed by atoms with E-state index in [2.05, 4.69) is 0 Å². The third-order valence-corrected chi connectivity index (χ3v) is 2.45. The van der Waals surface area contributed by atoms with Crippen LogP contribution in [0.25, 0.3) is 0 Å². The van der Waals surface area contributed by atoms with E-state index >= 15 is 0 Å². The summed E-state index contributed by atoms with van der Waals surface area (Å²) >= 11 is 5.93. The van der Waals surface area contributed by atoms with Crippen LogP contribution in [0.15, 0.2) is 30.3 Å². The Morgan fingerprint density at radius 3 is 2.56 bits per heavy atom. The number of alkyl halides is 1. The monoisotopic (exact) mass is 242 g/mol. The number of hydrogen-bond acceptors (Lipinski definition) is 3. The molecule has 0 saturated carbocycles. The van der Waals surface area contributed by atoms with E-state index in [0.29, 0.717) is 6.61 Å². The van der Waals surface area contributed by atoms with Gasteiger partial charge >= 0.3 is 5.97 Å². The number of carbonyl (C=O) groups is 1. The molecule has 0 aliphatic rings. The molecular weight excluding hydrogens is 228 g/mol. The summed E-state index contributed by atoms with van der Waals surface area (Å²) in [6, 6.07) is 9.68. The highest BCUT2D eigenvalue weighted by molar-refractivity contribution is 6.20. The van der Waals surface area contributed by atoms with Crippen molar-refractivity contribution in [1.82, 2.24) is 0 Å². The third-order valence-electron chi connectivity index (χ3n) is 1.97. The second kappa shape index (κ2) is 6.51. The summed E-state index contributed by atoms with van der Waals surface area (Å²) in [6.07, 6.45) is -0.456. The van der Waals surface area contributed by atoms with Gasteiger partial charge in [0.1, 0.15) is 6.10 Å². The van der Waals surface area contributed by atoms with Crippen molar-refractivity contribution in [2.24, 2.45) is 0 Å². The molecule has 3 nitrogen and oxygen atoms in total. The maximum absolute atomic E-state index is 10.7. The predicted molar refractivity (Wildman–Crippen MR) is 62.1 cm³/mol. The Morgan fingerprint density at radius 2 is 2.00 bits per heavy atom. The van der Waals surface area contributed by atoms with Crippen LogP contribution < -0.4 is 0 Å². The van der Waals surface area contributed by atoms with Gasteiger partial charge in [-0.05, 0) is 12.5 Å². The number of ether oxygens (including phenoxy) is 2. The summed E-state index contributed by atoms with van der Waals surface area (Å²) in [5, 5.41) is 0. The number of carbonyl (C=O) groups excluding carboxylic acids is 1. The van der Waals surface area contributed by atoms with Crippen LogP contribution in [0.4, 0.5) is 0 Å². The second-order valence-electron chi connectivity index (χ2n) is 3.46. The van der Waals surface area contributed by atoms with Crippen molar-refractivity contribution >= 4 is 17.6 Å². The van der Waals surface area contributed by atoms with E-state index in [0.717, 1.165) is 5.56 Å². The highest BCUT2D eigenvalue weighted by Crippen LogP contribution is 2.12. The van der Waals surface area contributed by atoms with E-state index < -0.39 is 11.7 Å². The number of hydrogen-bond donors (Lipinski definition) is 0. The van der Waals surface area contributed by atoms with Gasteiger partial charge in [-0.25, -0.2) is 0 Å². The molecular formula is C12H15ClO3. The Hall–Kier alpha value is -1.06. The average Bonchev–Trinajstić information content (AvgIpc) is 2.26. The smallest absolute Gasteiger partial charge is 0.303 e. The molecule has 0 aliphatic heterocycles. The summed E-state index contributed by atoms with van der Waals surface area (Å²) in [5.74, 6) is -0.360. The predicted octanol–water partition coefficient (Wildman–Crippen LogP) is 2.72. The molecule has 0 fully saturated rings. The molecule has 4 heteroatoms. The highest BCUT2D eigenvalue weighted by Gasteiger charge is 2.17. The Labute approximate surface area is 100 Å². The van der Waals surface area contributed by atoms with Gasteiger partial charge in [-0.15, -0.1) is 0 Å². The molecule has 0 spiro atoms. The van der Waals surface area contributed by atoms with Crippen LogP contribution in [-0.4, -0.2) is 17.6 Å². The Kier molecular flexibility index (Phi) is 5.29. The van der Waals surface area contributed by atoms with Crippen LogP contribution in [0.5, 0.6) is 0 Å². The SMILES string of the molecule is CC(=O)O[C@@H](C)C(Cl)OCc1ccccc1. The normalized spacial score (nSPS) is 14.2. The average molecular weight is 243 g/mol. The minimum Gasteiger partial charge on any atom is -0.459 e. The van der Waals surface area contributed by atoms with Crippen molar-refractivity contribution in [1.29, 1.82) is 0 Å². The Morgan fingerprint density at radius 1 is 1.38 bits per heavy atom. The number of rotatable bonds is 5. The van der Waals surface area contributed by atoms with Crippen molar-refractivity contribution in [3.63, 3.8) is 0 Å². The van der Waals surface area contributed by atoms with E-state index in [1.807, 2.05) is 30.3 Å². The third kappa shape index (κ3) is 4.64. The quantitative estimate of drug-likeness (QED) is 0.588. The maximum atomic E-state index is 10.7. The molecule has 0 aliphatic carbocycles. The standard InChI is InChI=1S/C12H15ClO3/c1-9(16-10(2)14)12(13)15-8-11-6-4-3-5-7-11/h3-7,9,12H,8H2,1-2H3/t9-,12?/m0/s1. The molecule has 1 rings (SSSR count). The summed E-state index contributed by atoms with van der Waals surface area (Å²) in [4.78, 5) is 10.7. The fourth-order valence-electron chi connectivity index (χ4n) is 1.20. The first kappa shape index (κ1) is 13.0. The first-order valence-electron chi connectivity index (χ1n) is 5.06. The maximum Gasteiger partial charge on any atom is 0.303 e. The molecule has 16 heavy (non-hydrogen) atoms. The molecule has 0 amide bonds. The Bertz CT molecular complexity index is 326. The largest absolute Gasteiger partial charge is 0.459 e. The minimum atomic E-state index is -0.635. The minimum absolute atomic E-state index is 0.360. The molecule has 1 unspecified atom stereocenters. The Balaban J connectivity index is 2.35. The van der Waals surface area contributed by atoms with Crippen molar-refractivity contribution in [2.45, 2.75) is 32.1 Å². The molecule has 0 aromatic heterocycles. The van der Waals surface area contributed by atoms with E-state index in [4.69, 9.17) is 21.1 Å². The summed E-state index contributed by atoms with van der Waals surface area (Å²) in [6.45, 7) is 3.45. The number of halogens is 1. The lowest BCUT2D eigenvalue weighted by Crippen LogP contribution is -2.25. The van der Waals surface area contributed by atoms with Gasteiger partial charge in [0.05, 0.1) is 6.61 Å². The van der Waals surface area contributed by atoms with E-state index in [9.17, 15) is 4.79 Å². The van der Waals surface area contributed by atoms with Crippen molar-refractivity contribution in [2.75, 3.05) is 0 Å². The van der Waals surface area contributed by atoms with Gasteiger partial charge in [-0.1, -0.05) is 41.9 Å². The molecule has 0 saturated heterocycles. The van der Waals surface area contributed by atoms with Crippen molar-refractivity contribution < 1.29 is 14.3 Å². The summed E-state index contributed by atoms with van der Waals surface area (Å²) < 4.78 is 10.3. The zero-order valence-electron chi connectivity index (χ0n) is 9.35. The van der Waals surface area contributed by atoms with Gasteiger partial charge in [0.25, 0.3) is 0 Å². The van der Waals surface area contributed by atoms with E-state index in [-0.39, 0.29) is 5.97 Å². The van der Waals surface area contributed by atoms with Crippen LogP contribution in [0, 0.1) is 0 Å². The summed E-state index contributed by atoms with van der Waals surface area (Å²) in [5.41, 5.74) is 0.396. The molecule has 0 bridgehead atoms. The van der Waals surface area contributed by atoms with E-state index in [1.165, 1.54) is 6.92 Å². The lowest BCUT2D eigenvalue weighted by molar-refractivity contribution is -0.150. The van der Waals surface area contributed by atoms with Gasteiger partial charge in [-0.3, -0.25) is 4.79 Å². The first-order chi connectivity index (χ1) is 7.59. The van der Waals surface area contributed by atoms with Gasteiger partial charge < -0.3 is 9.47 Å². The van der Waals surface area contributed by atoms with Gasteiger partial charge in [0.2, 0.25) is 0 Å².